The van der Waals surface area contributed by atoms with Gasteiger partial charge in [-0.15, -0.1) is 11.3 Å². The highest BCUT2D eigenvalue weighted by atomic mass is 32.1. The highest BCUT2D eigenvalue weighted by Gasteiger charge is 2.17. The van der Waals surface area contributed by atoms with Crippen LogP contribution in [0, 0.1) is 28.6 Å². The zero-order valence-electron chi connectivity index (χ0n) is 41.6. The molecule has 0 aliphatic carbocycles. The number of hydrogen-bond acceptors (Lipinski definition) is 6. The van der Waals surface area contributed by atoms with Crippen molar-refractivity contribution in [3.8, 4) is 0 Å². The van der Waals surface area contributed by atoms with Crippen LogP contribution in [0.4, 0.5) is 0 Å². The normalized spacial score (nSPS) is 11.6. The Hall–Kier alpha value is -2.32. The third kappa shape index (κ3) is 53.8. The number of aromatic nitrogens is 6. The largest absolute Gasteiger partial charge is 0.337 e. The van der Waals surface area contributed by atoms with E-state index in [4.69, 9.17) is 0 Å². The fourth-order valence-electron chi connectivity index (χ4n) is 2.73. The lowest BCUT2D eigenvalue weighted by molar-refractivity contribution is 0.469. The second-order valence-corrected chi connectivity index (χ2v) is 25.2. The Bertz CT molecular complexity index is 1350. The standard InChI is InChI=1S/2C8H14N2.C7H11NS.4C5H12.C4H5NS/c1-8(2,3)7-5-9-6-10(7)4;1-8(2,3)7-5-9-10(4)6-7;1-7(2,3)6-4-8-5-9-6;4*1-5(2,3)4;1-4-2-5-6-3-4/h2*5-6H,1-4H3;4-5H,1-3H3;4*1-4H3;2-3H,1H3. The van der Waals surface area contributed by atoms with Gasteiger partial charge in [0.1, 0.15) is 0 Å². The van der Waals surface area contributed by atoms with E-state index < -0.39 is 0 Å². The summed E-state index contributed by atoms with van der Waals surface area (Å²) in [6.07, 6.45) is 11.5. The molecule has 8 heteroatoms. The fraction of sp³-hybridized carbons (Fsp3) is 0.745. The molecule has 0 spiro atoms. The van der Waals surface area contributed by atoms with E-state index in [0.717, 1.165) is 0 Å². The zero-order valence-corrected chi connectivity index (χ0v) is 43.3. The van der Waals surface area contributed by atoms with Crippen LogP contribution in [0.1, 0.15) is 195 Å². The molecule has 0 N–H and O–H groups in total. The van der Waals surface area contributed by atoms with E-state index in [0.29, 0.717) is 21.7 Å². The van der Waals surface area contributed by atoms with Gasteiger partial charge in [-0.25, -0.2) is 9.36 Å². The molecule has 0 saturated carbocycles. The molecule has 0 saturated heterocycles. The first kappa shape index (κ1) is 59.4. The molecule has 4 aromatic rings. The van der Waals surface area contributed by atoms with Crippen molar-refractivity contribution < 1.29 is 0 Å². The lowest BCUT2D eigenvalue weighted by Gasteiger charge is -2.18. The molecule has 4 heterocycles. The third-order valence-corrected chi connectivity index (χ3v) is 6.79. The number of hydrogen-bond donors (Lipinski definition) is 0. The van der Waals surface area contributed by atoms with Crippen molar-refractivity contribution in [2.24, 2.45) is 35.8 Å². The van der Waals surface area contributed by atoms with Crippen LogP contribution >= 0.6 is 22.9 Å². The smallest absolute Gasteiger partial charge is 0.0945 e. The Morgan fingerprint density at radius 2 is 0.927 bits per heavy atom. The molecule has 55 heavy (non-hydrogen) atoms. The number of thiazole rings is 1. The van der Waals surface area contributed by atoms with Gasteiger partial charge in [0.25, 0.3) is 0 Å². The summed E-state index contributed by atoms with van der Waals surface area (Å²) < 4.78 is 7.75. The van der Waals surface area contributed by atoms with Crippen LogP contribution in [0.2, 0.25) is 0 Å². The lowest BCUT2D eigenvalue weighted by Crippen LogP contribution is -2.15. The second-order valence-electron chi connectivity index (χ2n) is 23.6. The van der Waals surface area contributed by atoms with Gasteiger partial charge < -0.3 is 4.57 Å². The average Bonchev–Trinajstić information content (AvgIpc) is 3.68. The van der Waals surface area contributed by atoms with Gasteiger partial charge in [-0.2, -0.15) is 5.10 Å². The summed E-state index contributed by atoms with van der Waals surface area (Å²) in [5, 5.41) is 6.11. The van der Waals surface area contributed by atoms with Crippen LogP contribution in [0.5, 0.6) is 0 Å². The molecule has 0 unspecified atom stereocenters. The molecule has 4 rings (SSSR count). The van der Waals surface area contributed by atoms with Crippen LogP contribution in [0.3, 0.4) is 0 Å². The van der Waals surface area contributed by atoms with Crippen LogP contribution in [0.15, 0.2) is 48.2 Å². The fourth-order valence-corrected chi connectivity index (χ4v) is 3.96. The van der Waals surface area contributed by atoms with Gasteiger partial charge in [-0.3, -0.25) is 9.67 Å². The first-order valence-electron chi connectivity index (χ1n) is 19.7. The minimum atomic E-state index is 0.214. The molecule has 0 radical (unpaired) electrons. The van der Waals surface area contributed by atoms with E-state index in [1.807, 2.05) is 67.7 Å². The number of imidazole rings is 1. The van der Waals surface area contributed by atoms with Gasteiger partial charge in [-0.1, -0.05) is 173 Å². The van der Waals surface area contributed by atoms with E-state index in [9.17, 15) is 0 Å². The van der Waals surface area contributed by atoms with Gasteiger partial charge in [0, 0.05) is 60.2 Å². The van der Waals surface area contributed by atoms with Gasteiger partial charge in [0.2, 0.25) is 0 Å². The average molecular weight is 805 g/mol. The predicted molar refractivity (Wildman–Crippen MR) is 252 cm³/mol. The van der Waals surface area contributed by atoms with Crippen molar-refractivity contribution in [2.75, 3.05) is 0 Å². The number of rotatable bonds is 0. The quantitative estimate of drug-likeness (QED) is 0.178. The van der Waals surface area contributed by atoms with Crippen LogP contribution in [-0.4, -0.2) is 28.7 Å². The summed E-state index contributed by atoms with van der Waals surface area (Å²) >= 11 is 3.21. The van der Waals surface area contributed by atoms with Crippen molar-refractivity contribution in [1.29, 1.82) is 0 Å². The van der Waals surface area contributed by atoms with Gasteiger partial charge in [-0.05, 0) is 62.1 Å². The maximum atomic E-state index is 4.10. The maximum absolute atomic E-state index is 4.10. The van der Waals surface area contributed by atoms with Gasteiger partial charge >= 0.3 is 0 Å². The van der Waals surface area contributed by atoms with Crippen molar-refractivity contribution in [3.63, 3.8) is 0 Å². The lowest BCUT2D eigenvalue weighted by atomic mass is 9.90. The SMILES string of the molecule is CC(C)(C)C.CC(C)(C)C.CC(C)(C)C.CC(C)(C)C.CC(C)(C)c1cncs1.Cc1cnsc1.Cn1cc(C(C)(C)C)cn1.Cn1cncc1C(C)(C)C. The Morgan fingerprint density at radius 1 is 0.509 bits per heavy atom. The van der Waals surface area contributed by atoms with Crippen molar-refractivity contribution in [2.45, 2.75) is 196 Å². The van der Waals surface area contributed by atoms with E-state index in [-0.39, 0.29) is 16.2 Å². The van der Waals surface area contributed by atoms with Crippen LogP contribution in [-0.2, 0) is 30.3 Å². The molecule has 0 atom stereocenters. The topological polar surface area (TPSA) is 61.4 Å². The number of nitrogens with zero attached hydrogens (tertiary/aromatic N) is 6. The minimum absolute atomic E-state index is 0.214. The predicted octanol–water partition coefficient (Wildman–Crippen LogP) is 15.5. The summed E-state index contributed by atoms with van der Waals surface area (Å²) in [4.78, 5) is 9.41. The molecule has 0 amide bonds. The summed E-state index contributed by atoms with van der Waals surface area (Å²) in [5.74, 6) is 0. The number of aryl methyl sites for hydroxylation is 3. The van der Waals surface area contributed by atoms with E-state index >= 15 is 0 Å². The van der Waals surface area contributed by atoms with Gasteiger partial charge in [0.05, 0.1) is 18.0 Å². The zero-order chi connectivity index (χ0) is 44.9. The van der Waals surface area contributed by atoms with Crippen molar-refractivity contribution >= 4 is 22.9 Å². The molecule has 322 valence electrons. The summed E-state index contributed by atoms with van der Waals surface area (Å²) in [5.41, 5.74) is 8.41. The van der Waals surface area contributed by atoms with Crippen LogP contribution < -0.4 is 0 Å². The monoisotopic (exact) mass is 805 g/mol. The second kappa shape index (κ2) is 25.8. The Morgan fingerprint density at radius 3 is 1.05 bits per heavy atom. The molecule has 0 aliphatic rings. The van der Waals surface area contributed by atoms with Crippen molar-refractivity contribution in [1.82, 2.24) is 28.7 Å². The summed E-state index contributed by atoms with van der Waals surface area (Å²) in [6.45, 7) is 56.7. The van der Waals surface area contributed by atoms with E-state index in [1.165, 1.54) is 33.2 Å². The van der Waals surface area contributed by atoms with E-state index in [1.54, 1.807) is 11.3 Å². The Kier molecular flexibility index (Phi) is 27.9. The van der Waals surface area contributed by atoms with Crippen LogP contribution in [0.25, 0.3) is 0 Å². The van der Waals surface area contributed by atoms with Gasteiger partial charge in [0.15, 0.2) is 0 Å². The highest BCUT2D eigenvalue weighted by molar-refractivity contribution is 7.09. The maximum Gasteiger partial charge on any atom is 0.0945 e. The minimum Gasteiger partial charge on any atom is -0.337 e. The third-order valence-electron chi connectivity index (χ3n) is 4.88. The summed E-state index contributed by atoms with van der Waals surface area (Å²) in [7, 11) is 3.96. The highest BCUT2D eigenvalue weighted by Crippen LogP contribution is 2.25. The Labute approximate surface area is 352 Å². The molecule has 4 aromatic heterocycles. The molecule has 0 aliphatic heterocycles. The summed E-state index contributed by atoms with van der Waals surface area (Å²) in [6, 6.07) is 0. The molecule has 6 nitrogen and oxygen atoms in total. The first-order chi connectivity index (χ1) is 24.0. The molecule has 0 bridgehead atoms. The first-order valence-corrected chi connectivity index (χ1v) is 21.4. The molecule has 0 aromatic carbocycles. The van der Waals surface area contributed by atoms with Crippen molar-refractivity contribution in [3.05, 3.63) is 69.9 Å². The van der Waals surface area contributed by atoms with E-state index in [2.05, 4.69) is 203 Å². The Balaban J connectivity index is -0.000000276. The molecular weight excluding hydrogens is 713 g/mol. The molecular formula is C47H92N6S2. The molecule has 0 fully saturated rings.